The van der Waals surface area contributed by atoms with Crippen molar-refractivity contribution in [1.82, 2.24) is 4.57 Å². The fourth-order valence-corrected chi connectivity index (χ4v) is 16.5. The average Bonchev–Trinajstić information content (AvgIpc) is 4.01. The number of rotatable bonds is 14. The molecule has 0 spiro atoms. The lowest BCUT2D eigenvalue weighted by Crippen LogP contribution is -2.23. The summed E-state index contributed by atoms with van der Waals surface area (Å²) in [5, 5.41) is 2.96. The summed E-state index contributed by atoms with van der Waals surface area (Å²) < 4.78 is 8.76. The molecule has 0 amide bonds. The van der Waals surface area contributed by atoms with Gasteiger partial charge in [-0.15, -0.1) is 45.3 Å². The molecule has 0 radical (unpaired) electrons. The van der Waals surface area contributed by atoms with Crippen molar-refractivity contribution >= 4 is 86.0 Å². The van der Waals surface area contributed by atoms with E-state index in [2.05, 4.69) is 135 Å². The van der Waals surface area contributed by atoms with E-state index in [0.717, 1.165) is 25.7 Å². The van der Waals surface area contributed by atoms with Crippen LogP contribution >= 0.6 is 45.3 Å². The fraction of sp³-hybridized carbons (Fsp3) is 0.489. The van der Waals surface area contributed by atoms with E-state index in [-0.39, 0.29) is 10.8 Å². The van der Waals surface area contributed by atoms with Gasteiger partial charge in [-0.2, -0.15) is 0 Å². The van der Waals surface area contributed by atoms with Gasteiger partial charge in [0.05, 0.1) is 25.1 Å². The first-order valence-electron chi connectivity index (χ1n) is 20.6. The lowest BCUT2D eigenvalue weighted by Gasteiger charge is -2.30. The van der Waals surface area contributed by atoms with Crippen molar-refractivity contribution in [2.75, 3.05) is 0 Å². The zero-order valence-corrected chi connectivity index (χ0v) is 35.7. The second kappa shape index (κ2) is 13.4. The van der Waals surface area contributed by atoms with E-state index in [1.807, 2.05) is 0 Å². The van der Waals surface area contributed by atoms with E-state index >= 15 is 0 Å². The summed E-state index contributed by atoms with van der Waals surface area (Å²) in [4.78, 5) is 6.29. The minimum Gasteiger partial charge on any atom is -0.342 e. The summed E-state index contributed by atoms with van der Waals surface area (Å²) in [7, 11) is 2.35. The first kappa shape index (κ1) is 35.3. The van der Waals surface area contributed by atoms with Gasteiger partial charge >= 0.3 is 0 Å². The Morgan fingerprint density at radius 2 is 1.08 bits per heavy atom. The van der Waals surface area contributed by atoms with Crippen molar-refractivity contribution in [2.45, 2.75) is 142 Å². The molecule has 272 valence electrons. The number of aryl methyl sites for hydroxylation is 3. The first-order chi connectivity index (χ1) is 25.4. The predicted octanol–water partition coefficient (Wildman–Crippen LogP) is 16.3. The van der Waals surface area contributed by atoms with Crippen LogP contribution in [-0.4, -0.2) is 4.57 Å². The molecule has 5 heteroatoms. The van der Waals surface area contributed by atoms with E-state index in [0.29, 0.717) is 0 Å². The Bertz CT molecular complexity index is 2460. The summed E-state index contributed by atoms with van der Waals surface area (Å²) in [6.45, 7) is 14.4. The fourth-order valence-electron chi connectivity index (χ4n) is 10.7. The van der Waals surface area contributed by atoms with E-state index in [1.54, 1.807) is 57.6 Å². The Hall–Kier alpha value is -2.44. The Kier molecular flexibility index (Phi) is 9.09. The third-order valence-corrected chi connectivity index (χ3v) is 18.6. The average molecular weight is 762 g/mol. The molecule has 7 aromatic rings. The highest BCUT2D eigenvalue weighted by atomic mass is 32.1. The molecule has 52 heavy (non-hydrogen) atoms. The smallest absolute Gasteiger partial charge is 0.0710 e. The molecule has 0 saturated heterocycles. The molecular formula is C47H55NS4. The summed E-state index contributed by atoms with van der Waals surface area (Å²) in [6.07, 6.45) is 17.7. The molecule has 0 saturated carbocycles. The lowest BCUT2D eigenvalue weighted by molar-refractivity contribution is 0.493. The number of nitrogens with zero attached hydrogens (tertiary/aromatic N) is 1. The molecule has 0 bridgehead atoms. The molecule has 0 unspecified atom stereocenters. The van der Waals surface area contributed by atoms with Crippen LogP contribution in [0, 0.1) is 0 Å². The molecule has 5 heterocycles. The zero-order valence-electron chi connectivity index (χ0n) is 32.4. The van der Waals surface area contributed by atoms with Crippen LogP contribution in [0.3, 0.4) is 0 Å². The number of aromatic nitrogens is 1. The van der Waals surface area contributed by atoms with E-state index < -0.39 is 0 Å². The van der Waals surface area contributed by atoms with Gasteiger partial charge in [0.2, 0.25) is 0 Å². The van der Waals surface area contributed by atoms with Crippen LogP contribution in [-0.2, 0) is 30.7 Å². The van der Waals surface area contributed by atoms with Crippen LogP contribution in [0.1, 0.15) is 151 Å². The highest BCUT2D eigenvalue weighted by molar-refractivity contribution is 7.30. The Labute approximate surface area is 327 Å². The van der Waals surface area contributed by atoms with E-state index in [9.17, 15) is 0 Å². The molecule has 1 nitrogen and oxygen atoms in total. The zero-order chi connectivity index (χ0) is 35.9. The highest BCUT2D eigenvalue weighted by Gasteiger charge is 2.48. The third-order valence-electron chi connectivity index (χ3n) is 13.6. The molecule has 0 fully saturated rings. The number of benzene rings is 2. The van der Waals surface area contributed by atoms with Gasteiger partial charge in [0.1, 0.15) is 0 Å². The van der Waals surface area contributed by atoms with Crippen molar-refractivity contribution in [2.24, 2.45) is 7.05 Å². The molecule has 2 aliphatic carbocycles. The van der Waals surface area contributed by atoms with E-state index in [1.165, 1.54) is 100 Å². The first-order valence-corrected chi connectivity index (χ1v) is 23.9. The van der Waals surface area contributed by atoms with Crippen molar-refractivity contribution in [3.8, 4) is 20.9 Å². The SMILES string of the molecule is CCCCCCc1cc2sc3c(c2s1)C(CC)(CC)c1ccc2c4c(ccc2c1-3)C(CC)(CC)c1c-4sc2c3sc(CCCCCC)cc3n(C)c12. The molecule has 0 atom stereocenters. The number of fused-ring (bicyclic) bond motifs is 15. The Morgan fingerprint density at radius 1 is 0.538 bits per heavy atom. The maximum Gasteiger partial charge on any atom is 0.0710 e. The standard InChI is InChI=1S/C47H55NS4/c1-8-14-16-18-20-28-26-34-41(49-28)45-40(48(34)7)38-43(52-45)36-30-23-25-33-37(31(30)22-24-32(36)46(38,10-3)11-4)44-39(47(33,12-5)13-6)42-35(51-44)27-29(50-42)21-19-17-15-9-2/h22-27H,8-21H2,1-7H3. The number of unbranched alkanes of at least 4 members (excludes halogenated alkanes) is 6. The minimum absolute atomic E-state index is 0.0498. The summed E-state index contributed by atoms with van der Waals surface area (Å²) in [5.41, 5.74) is 12.6. The predicted molar refractivity (Wildman–Crippen MR) is 236 cm³/mol. The van der Waals surface area contributed by atoms with Gasteiger partial charge in [0.15, 0.2) is 0 Å². The molecule has 2 aromatic carbocycles. The van der Waals surface area contributed by atoms with Crippen LogP contribution < -0.4 is 0 Å². The molecule has 9 rings (SSSR count). The van der Waals surface area contributed by atoms with Gasteiger partial charge in [-0.1, -0.05) is 104 Å². The van der Waals surface area contributed by atoms with Crippen molar-refractivity contribution in [3.05, 3.63) is 68.4 Å². The third kappa shape index (κ3) is 4.74. The largest absolute Gasteiger partial charge is 0.342 e. The highest BCUT2D eigenvalue weighted by Crippen LogP contribution is 2.65. The van der Waals surface area contributed by atoms with Crippen molar-refractivity contribution < 1.29 is 0 Å². The lowest BCUT2D eigenvalue weighted by atomic mass is 9.72. The quantitative estimate of drug-likeness (QED) is 0.0973. The van der Waals surface area contributed by atoms with Crippen LogP contribution in [0.2, 0.25) is 0 Å². The van der Waals surface area contributed by atoms with Gasteiger partial charge in [0.25, 0.3) is 0 Å². The maximum absolute atomic E-state index is 2.58. The number of hydrogen-bond donors (Lipinski definition) is 0. The van der Waals surface area contributed by atoms with Crippen LogP contribution in [0.4, 0.5) is 0 Å². The summed E-state index contributed by atoms with van der Waals surface area (Å²) >= 11 is 8.40. The molecule has 2 aliphatic rings. The van der Waals surface area contributed by atoms with E-state index in [4.69, 9.17) is 0 Å². The normalized spacial score (nSPS) is 15.4. The number of thiophene rings is 4. The van der Waals surface area contributed by atoms with Gasteiger partial charge < -0.3 is 4.57 Å². The number of hydrogen-bond acceptors (Lipinski definition) is 4. The summed E-state index contributed by atoms with van der Waals surface area (Å²) in [6, 6.07) is 15.3. The van der Waals surface area contributed by atoms with Gasteiger partial charge in [-0.25, -0.2) is 0 Å². The van der Waals surface area contributed by atoms with Crippen molar-refractivity contribution in [3.63, 3.8) is 0 Å². The topological polar surface area (TPSA) is 4.93 Å². The van der Waals surface area contributed by atoms with Gasteiger partial charge in [0, 0.05) is 58.8 Å². The summed E-state index contributed by atoms with van der Waals surface area (Å²) in [5.74, 6) is 0. The van der Waals surface area contributed by atoms with Gasteiger partial charge in [-0.05, 0) is 91.0 Å². The maximum atomic E-state index is 2.58. The Morgan fingerprint density at radius 3 is 1.65 bits per heavy atom. The second-order valence-electron chi connectivity index (χ2n) is 16.0. The Balaban J connectivity index is 1.23. The minimum atomic E-state index is 0.0498. The second-order valence-corrected chi connectivity index (χ2v) is 20.3. The van der Waals surface area contributed by atoms with Crippen LogP contribution in [0.5, 0.6) is 0 Å². The molecule has 5 aromatic heterocycles. The van der Waals surface area contributed by atoms with Crippen molar-refractivity contribution in [1.29, 1.82) is 0 Å². The van der Waals surface area contributed by atoms with Gasteiger partial charge in [-0.3, -0.25) is 0 Å². The molecule has 0 N–H and O–H groups in total. The van der Waals surface area contributed by atoms with Crippen LogP contribution in [0.25, 0.3) is 61.5 Å². The monoisotopic (exact) mass is 761 g/mol. The van der Waals surface area contributed by atoms with Crippen LogP contribution in [0.15, 0.2) is 36.4 Å². The molecule has 0 aliphatic heterocycles. The molecular weight excluding hydrogens is 707 g/mol.